The van der Waals surface area contributed by atoms with E-state index in [0.29, 0.717) is 0 Å². The second-order valence-electron chi connectivity index (χ2n) is 0.545. The molecule has 0 N–H and O–H groups in total. The van der Waals surface area contributed by atoms with E-state index in [4.69, 9.17) is 5.41 Å². The first-order valence-corrected chi connectivity index (χ1v) is 2.49. The molecule has 0 fully saturated rings. The van der Waals surface area contributed by atoms with Crippen molar-refractivity contribution in [2.24, 2.45) is 0 Å². The van der Waals surface area contributed by atoms with Gasteiger partial charge in [-0.05, 0) is 0 Å². The van der Waals surface area contributed by atoms with Crippen molar-refractivity contribution in [1.82, 2.24) is 5.41 Å². The van der Waals surface area contributed by atoms with Crippen LogP contribution in [0.15, 0.2) is 11.4 Å². The van der Waals surface area contributed by atoms with Crippen molar-refractivity contribution < 1.29 is 0 Å². The van der Waals surface area contributed by atoms with Crippen LogP contribution >= 0.6 is 0 Å². The molecule has 0 aromatic heterocycles. The second kappa shape index (κ2) is 3.45. The number of nitrogens with zero attached hydrogens (tertiary/aromatic N) is 1. The molecule has 0 atom stereocenters. The third-order valence-corrected chi connectivity index (χ3v) is 0.498. The lowest BCUT2D eigenvalue weighted by Gasteiger charge is -1.37. The SMILES string of the molecule is [N]=C=C=C[SiH3]. The van der Waals surface area contributed by atoms with Crippen molar-refractivity contribution in [2.45, 2.75) is 0 Å². The van der Waals surface area contributed by atoms with Crippen molar-refractivity contribution in [3.8, 4) is 0 Å². The summed E-state index contributed by atoms with van der Waals surface area (Å²) in [5.41, 5.74) is 4.06. The monoisotopic (exact) mass is 82.0 g/mol. The van der Waals surface area contributed by atoms with Gasteiger partial charge in [0, 0.05) is 10.2 Å². The van der Waals surface area contributed by atoms with E-state index in [9.17, 15) is 0 Å². The first-order chi connectivity index (χ1) is 2.41. The van der Waals surface area contributed by atoms with Crippen LogP contribution in [-0.4, -0.2) is 16.1 Å². The van der Waals surface area contributed by atoms with E-state index in [2.05, 4.69) is 5.73 Å². The van der Waals surface area contributed by atoms with Crippen LogP contribution in [0.5, 0.6) is 0 Å². The molecule has 25 valence electrons. The van der Waals surface area contributed by atoms with Crippen LogP contribution in [0.2, 0.25) is 0 Å². The quantitative estimate of drug-likeness (QED) is 0.193. The molecule has 2 heteroatoms. The molecule has 0 aliphatic carbocycles. The minimum atomic E-state index is 0.940. The predicted octanol–water partition coefficient (Wildman–Crippen LogP) is -1.51. The summed E-state index contributed by atoms with van der Waals surface area (Å²) in [5, 5.41) is 7.70. The van der Waals surface area contributed by atoms with Gasteiger partial charge >= 0.3 is 0 Å². The largest absolute Gasteiger partial charge is 0.0874 e. The standard InChI is InChI=1S/C3H4NSi/c4-2-1-3-5/h3H,5H3. The third kappa shape index (κ3) is 3.45. The highest BCUT2D eigenvalue weighted by atomic mass is 28.1. The van der Waals surface area contributed by atoms with E-state index < -0.39 is 0 Å². The molecule has 0 aliphatic heterocycles. The fourth-order valence-corrected chi connectivity index (χ4v) is 0.194. The van der Waals surface area contributed by atoms with Gasteiger partial charge in [-0.25, -0.2) is 0 Å². The van der Waals surface area contributed by atoms with E-state index in [-0.39, 0.29) is 0 Å². The van der Waals surface area contributed by atoms with Crippen LogP contribution < -0.4 is 5.41 Å². The van der Waals surface area contributed by atoms with Gasteiger partial charge in [-0.3, -0.25) is 0 Å². The Morgan fingerprint density at radius 1 is 1.80 bits per heavy atom. The molecule has 0 saturated carbocycles. The Labute approximate surface area is 33.9 Å². The van der Waals surface area contributed by atoms with E-state index in [1.165, 1.54) is 0 Å². The van der Waals surface area contributed by atoms with Crippen molar-refractivity contribution >= 4 is 16.1 Å². The van der Waals surface area contributed by atoms with Gasteiger partial charge in [0.15, 0.2) is 0 Å². The summed E-state index contributed by atoms with van der Waals surface area (Å²) in [7, 11) is 0.940. The maximum absolute atomic E-state index is 7.70. The molecule has 0 unspecified atom stereocenters. The molecule has 0 aliphatic rings. The molecule has 0 amide bonds. The maximum Gasteiger partial charge on any atom is 0.0624 e. The molecule has 0 aromatic carbocycles. The van der Waals surface area contributed by atoms with E-state index in [0.717, 1.165) is 10.2 Å². The van der Waals surface area contributed by atoms with Crippen LogP contribution in [0.4, 0.5) is 0 Å². The highest BCUT2D eigenvalue weighted by molar-refractivity contribution is 6.17. The first-order valence-electron chi connectivity index (χ1n) is 1.34. The minimum Gasteiger partial charge on any atom is -0.0874 e. The van der Waals surface area contributed by atoms with Gasteiger partial charge in [0.05, 0.1) is 5.87 Å². The molecular weight excluding hydrogens is 78.1 g/mol. The fourth-order valence-electron chi connectivity index (χ4n) is 0.0645. The van der Waals surface area contributed by atoms with Crippen molar-refractivity contribution in [3.63, 3.8) is 0 Å². The Morgan fingerprint density at radius 2 is 2.40 bits per heavy atom. The average Bonchev–Trinajstić information content (AvgIpc) is 1.41. The smallest absolute Gasteiger partial charge is 0.0624 e. The maximum atomic E-state index is 7.70. The van der Waals surface area contributed by atoms with Crippen molar-refractivity contribution in [1.29, 1.82) is 0 Å². The Balaban J connectivity index is 3.75. The Hall–Kier alpha value is -0.553. The van der Waals surface area contributed by atoms with Gasteiger partial charge in [-0.1, -0.05) is 16.8 Å². The zero-order valence-corrected chi connectivity index (χ0v) is 5.02. The Morgan fingerprint density at radius 3 is 2.40 bits per heavy atom. The lowest BCUT2D eigenvalue weighted by molar-refractivity contribution is 1.94. The van der Waals surface area contributed by atoms with Crippen LogP contribution in [-0.2, 0) is 0 Å². The summed E-state index contributed by atoms with van der Waals surface area (Å²) in [6, 6.07) is 0. The highest BCUT2D eigenvalue weighted by Crippen LogP contribution is 1.35. The van der Waals surface area contributed by atoms with Gasteiger partial charge in [0.25, 0.3) is 0 Å². The van der Waals surface area contributed by atoms with Crippen LogP contribution in [0, 0.1) is 0 Å². The van der Waals surface area contributed by atoms with E-state index in [1.807, 2.05) is 0 Å². The van der Waals surface area contributed by atoms with Crippen LogP contribution in [0.1, 0.15) is 0 Å². The third-order valence-electron chi connectivity index (χ3n) is 0.209. The van der Waals surface area contributed by atoms with Crippen LogP contribution in [0.25, 0.3) is 0 Å². The summed E-state index contributed by atoms with van der Waals surface area (Å²) >= 11 is 0. The molecular formula is C3H4NSi. The molecule has 1 radical (unpaired) electrons. The zero-order chi connectivity index (χ0) is 4.12. The molecule has 0 saturated heterocycles. The molecule has 0 heterocycles. The van der Waals surface area contributed by atoms with E-state index >= 15 is 0 Å². The topological polar surface area (TPSA) is 22.3 Å². The summed E-state index contributed by atoms with van der Waals surface area (Å²) in [4.78, 5) is 0. The molecule has 0 spiro atoms. The second-order valence-corrected chi connectivity index (χ2v) is 1.12. The van der Waals surface area contributed by atoms with E-state index in [1.54, 1.807) is 11.6 Å². The summed E-state index contributed by atoms with van der Waals surface area (Å²) in [5.74, 6) is 1.75. The number of rotatable bonds is 0. The van der Waals surface area contributed by atoms with Crippen molar-refractivity contribution in [2.75, 3.05) is 0 Å². The fraction of sp³-hybridized carbons (Fsp3) is 0. The number of hydrogen-bond acceptors (Lipinski definition) is 0. The lowest BCUT2D eigenvalue weighted by Crippen LogP contribution is -1.43. The van der Waals surface area contributed by atoms with Gasteiger partial charge in [0.2, 0.25) is 0 Å². The van der Waals surface area contributed by atoms with Gasteiger partial charge in [0.1, 0.15) is 0 Å². The van der Waals surface area contributed by atoms with Crippen molar-refractivity contribution in [3.05, 3.63) is 11.4 Å². The Kier molecular flexibility index (Phi) is 3.07. The summed E-state index contributed by atoms with van der Waals surface area (Å²) < 4.78 is 0. The lowest BCUT2D eigenvalue weighted by atomic mass is 11.0. The molecule has 0 rings (SSSR count). The molecule has 0 bridgehead atoms. The van der Waals surface area contributed by atoms with Gasteiger partial charge in [-0.15, -0.1) is 0 Å². The van der Waals surface area contributed by atoms with Gasteiger partial charge in [-0.2, -0.15) is 0 Å². The molecule has 1 nitrogen and oxygen atoms in total. The normalized spacial score (nSPS) is 4.80. The first kappa shape index (κ1) is 4.45. The number of hydrogen-bond donors (Lipinski definition) is 0. The predicted molar refractivity (Wildman–Crippen MR) is 25.2 cm³/mol. The summed E-state index contributed by atoms with van der Waals surface area (Å²) in [6.45, 7) is 0. The minimum absolute atomic E-state index is 0.940. The summed E-state index contributed by atoms with van der Waals surface area (Å²) in [6.07, 6.45) is 0. The van der Waals surface area contributed by atoms with Gasteiger partial charge < -0.3 is 0 Å². The average molecular weight is 82.2 g/mol. The zero-order valence-electron chi connectivity index (χ0n) is 3.02. The highest BCUT2D eigenvalue weighted by Gasteiger charge is 1.33. The molecule has 5 heavy (non-hydrogen) atoms. The molecule has 0 aromatic rings. The van der Waals surface area contributed by atoms with Crippen LogP contribution in [0.3, 0.4) is 0 Å². The Bertz CT molecular complexity index is 85.1.